The first-order chi connectivity index (χ1) is 13.1. The number of benzene rings is 1. The van der Waals surface area contributed by atoms with Gasteiger partial charge in [0.1, 0.15) is 6.04 Å². The van der Waals surface area contributed by atoms with Gasteiger partial charge in [0.25, 0.3) is 0 Å². The lowest BCUT2D eigenvalue weighted by Crippen LogP contribution is -2.55. The maximum Gasteiger partial charge on any atom is 0.245 e. The predicted octanol–water partition coefficient (Wildman–Crippen LogP) is 2.52. The molecule has 1 atom stereocenters. The lowest BCUT2D eigenvalue weighted by molar-refractivity contribution is -0.137. The van der Waals surface area contributed by atoms with Gasteiger partial charge in [0.2, 0.25) is 11.8 Å². The van der Waals surface area contributed by atoms with E-state index in [0.717, 1.165) is 32.6 Å². The molecule has 1 aromatic carbocycles. The molecule has 0 unspecified atom stereocenters. The van der Waals surface area contributed by atoms with Crippen molar-refractivity contribution in [2.45, 2.75) is 57.9 Å². The third-order valence-electron chi connectivity index (χ3n) is 6.51. The Morgan fingerprint density at radius 3 is 2.48 bits per heavy atom. The van der Waals surface area contributed by atoms with Gasteiger partial charge in [-0.25, -0.2) is 0 Å². The maximum atomic E-state index is 13.0. The molecule has 5 heteroatoms. The number of hydrogen-bond donors (Lipinski definition) is 1. The largest absolute Gasteiger partial charge is 0.368 e. The average molecular weight is 370 g/mol. The van der Waals surface area contributed by atoms with Crippen LogP contribution in [0.3, 0.4) is 0 Å². The van der Waals surface area contributed by atoms with Gasteiger partial charge in [0.05, 0.1) is 0 Å². The van der Waals surface area contributed by atoms with Crippen molar-refractivity contribution in [3.63, 3.8) is 0 Å². The fourth-order valence-corrected chi connectivity index (χ4v) is 4.69. The summed E-state index contributed by atoms with van der Waals surface area (Å²) in [6.07, 6.45) is 8.11. The van der Waals surface area contributed by atoms with E-state index in [0.29, 0.717) is 5.92 Å². The molecule has 2 fully saturated rings. The highest BCUT2D eigenvalue weighted by molar-refractivity contribution is 5.87. The number of amides is 2. The predicted molar refractivity (Wildman–Crippen MR) is 107 cm³/mol. The number of carbonyl (C=O) groups excluding carboxylic acids is 2. The Balaban J connectivity index is 1.35. The van der Waals surface area contributed by atoms with Gasteiger partial charge >= 0.3 is 0 Å². The minimum Gasteiger partial charge on any atom is -0.368 e. The summed E-state index contributed by atoms with van der Waals surface area (Å²) in [4.78, 5) is 28.9. The maximum absolute atomic E-state index is 13.0. The zero-order chi connectivity index (χ0) is 18.8. The molecule has 2 amide bonds. The highest BCUT2D eigenvalue weighted by Gasteiger charge is 2.31. The third-order valence-corrected chi connectivity index (χ3v) is 6.51. The van der Waals surface area contributed by atoms with Crippen molar-refractivity contribution in [2.75, 3.05) is 31.1 Å². The molecular formula is C22H31N3O2. The average Bonchev–Trinajstić information content (AvgIpc) is 3.10. The Morgan fingerprint density at radius 2 is 1.81 bits per heavy atom. The Labute approximate surface area is 162 Å². The molecule has 1 aliphatic heterocycles. The molecule has 5 nitrogen and oxygen atoms in total. The summed E-state index contributed by atoms with van der Waals surface area (Å²) in [5.41, 5.74) is 4.29. The van der Waals surface area contributed by atoms with Crippen LogP contribution >= 0.6 is 0 Å². The van der Waals surface area contributed by atoms with Gasteiger partial charge in [-0.05, 0) is 54.9 Å². The molecule has 0 aromatic heterocycles. The first-order valence-corrected chi connectivity index (χ1v) is 10.5. The lowest BCUT2D eigenvalue weighted by Gasteiger charge is -2.39. The van der Waals surface area contributed by atoms with Crippen LogP contribution in [0.2, 0.25) is 0 Å². The molecule has 1 N–H and O–H groups in total. The normalized spacial score (nSPS) is 20.8. The molecule has 1 saturated heterocycles. The molecule has 0 radical (unpaired) electrons. The van der Waals surface area contributed by atoms with Crippen molar-refractivity contribution in [1.29, 1.82) is 0 Å². The molecule has 1 aromatic rings. The quantitative estimate of drug-likeness (QED) is 0.868. The SMILES string of the molecule is CC(=O)N[C@H](CC1CCC1)C(=O)N1CCN(c2ccc3c(c2)CCC3)CC1. The Kier molecular flexibility index (Phi) is 5.37. The van der Waals surface area contributed by atoms with Gasteiger partial charge in [-0.2, -0.15) is 0 Å². The zero-order valence-corrected chi connectivity index (χ0v) is 16.4. The second kappa shape index (κ2) is 7.91. The summed E-state index contributed by atoms with van der Waals surface area (Å²) in [7, 11) is 0. The van der Waals surface area contributed by atoms with Gasteiger partial charge in [0.15, 0.2) is 0 Å². The summed E-state index contributed by atoms with van der Waals surface area (Å²) in [5, 5.41) is 2.90. The smallest absolute Gasteiger partial charge is 0.245 e. The molecular weight excluding hydrogens is 338 g/mol. The van der Waals surface area contributed by atoms with Crippen LogP contribution in [0.1, 0.15) is 50.2 Å². The summed E-state index contributed by atoms with van der Waals surface area (Å²) < 4.78 is 0. The molecule has 1 heterocycles. The Bertz CT molecular complexity index is 706. The number of aryl methyl sites for hydroxylation is 2. The van der Waals surface area contributed by atoms with Crippen LogP contribution in [0.15, 0.2) is 18.2 Å². The van der Waals surface area contributed by atoms with E-state index in [1.165, 1.54) is 62.3 Å². The van der Waals surface area contributed by atoms with E-state index in [-0.39, 0.29) is 17.9 Å². The van der Waals surface area contributed by atoms with Crippen LogP contribution in [0.5, 0.6) is 0 Å². The molecule has 3 aliphatic rings. The highest BCUT2D eigenvalue weighted by atomic mass is 16.2. The number of carbonyl (C=O) groups is 2. The minimum absolute atomic E-state index is 0.103. The van der Waals surface area contributed by atoms with E-state index in [1.807, 2.05) is 4.90 Å². The molecule has 0 bridgehead atoms. The van der Waals surface area contributed by atoms with Gasteiger partial charge in [-0.15, -0.1) is 0 Å². The zero-order valence-electron chi connectivity index (χ0n) is 16.4. The fourth-order valence-electron chi connectivity index (χ4n) is 4.69. The second-order valence-corrected chi connectivity index (χ2v) is 8.40. The first-order valence-electron chi connectivity index (χ1n) is 10.5. The van der Waals surface area contributed by atoms with E-state index in [4.69, 9.17) is 0 Å². The summed E-state index contributed by atoms with van der Waals surface area (Å²) in [6, 6.07) is 6.51. The van der Waals surface area contributed by atoms with Crippen LogP contribution < -0.4 is 10.2 Å². The number of fused-ring (bicyclic) bond motifs is 1. The highest BCUT2D eigenvalue weighted by Crippen LogP contribution is 2.31. The first kappa shape index (κ1) is 18.3. The van der Waals surface area contributed by atoms with Crippen LogP contribution in [-0.4, -0.2) is 48.9 Å². The van der Waals surface area contributed by atoms with E-state index in [1.54, 1.807) is 0 Å². The summed E-state index contributed by atoms with van der Waals surface area (Å²) >= 11 is 0. The van der Waals surface area contributed by atoms with Crippen molar-refractivity contribution < 1.29 is 9.59 Å². The summed E-state index contributed by atoms with van der Waals surface area (Å²) in [5.74, 6) is 0.591. The van der Waals surface area contributed by atoms with Crippen molar-refractivity contribution in [1.82, 2.24) is 10.2 Å². The van der Waals surface area contributed by atoms with E-state index < -0.39 is 0 Å². The number of nitrogens with zero attached hydrogens (tertiary/aromatic N) is 2. The van der Waals surface area contributed by atoms with Gasteiger partial charge in [0, 0.05) is 38.8 Å². The van der Waals surface area contributed by atoms with E-state index in [9.17, 15) is 9.59 Å². The number of nitrogens with one attached hydrogen (secondary N) is 1. The third kappa shape index (κ3) is 4.12. The van der Waals surface area contributed by atoms with E-state index in [2.05, 4.69) is 28.4 Å². The van der Waals surface area contributed by atoms with Crippen LogP contribution in [-0.2, 0) is 22.4 Å². The molecule has 1 saturated carbocycles. The van der Waals surface area contributed by atoms with E-state index >= 15 is 0 Å². The molecule has 146 valence electrons. The minimum atomic E-state index is -0.348. The van der Waals surface area contributed by atoms with Crippen LogP contribution in [0.4, 0.5) is 5.69 Å². The Hall–Kier alpha value is -2.04. The number of hydrogen-bond acceptors (Lipinski definition) is 3. The number of anilines is 1. The van der Waals surface area contributed by atoms with Crippen LogP contribution in [0, 0.1) is 5.92 Å². The standard InChI is InChI=1S/C22H31N3O2/c1-16(26)23-21(14-17-4-2-5-17)22(27)25-12-10-24(11-13-25)20-9-8-18-6-3-7-19(18)15-20/h8-9,15,17,21H,2-7,10-14H2,1H3,(H,23,26)/t21-/m1/s1. The number of rotatable bonds is 5. The Morgan fingerprint density at radius 1 is 1.07 bits per heavy atom. The van der Waals surface area contributed by atoms with Crippen molar-refractivity contribution in [3.8, 4) is 0 Å². The molecule has 2 aliphatic carbocycles. The van der Waals surface area contributed by atoms with Gasteiger partial charge in [-0.3, -0.25) is 9.59 Å². The molecule has 0 spiro atoms. The monoisotopic (exact) mass is 369 g/mol. The molecule has 27 heavy (non-hydrogen) atoms. The van der Waals surface area contributed by atoms with Crippen LogP contribution in [0.25, 0.3) is 0 Å². The van der Waals surface area contributed by atoms with Gasteiger partial charge in [-0.1, -0.05) is 25.3 Å². The van der Waals surface area contributed by atoms with Crippen molar-refractivity contribution in [2.24, 2.45) is 5.92 Å². The molecule has 4 rings (SSSR count). The second-order valence-electron chi connectivity index (χ2n) is 8.40. The van der Waals surface area contributed by atoms with Crippen molar-refractivity contribution in [3.05, 3.63) is 29.3 Å². The lowest BCUT2D eigenvalue weighted by atomic mass is 9.80. The van der Waals surface area contributed by atoms with Crippen molar-refractivity contribution >= 4 is 17.5 Å². The number of piperazine rings is 1. The van der Waals surface area contributed by atoms with Gasteiger partial charge < -0.3 is 15.1 Å². The summed E-state index contributed by atoms with van der Waals surface area (Å²) in [6.45, 7) is 4.70. The fraction of sp³-hybridized carbons (Fsp3) is 0.636. The topological polar surface area (TPSA) is 52.7 Å².